The molecule has 6 heteroatoms. The predicted molar refractivity (Wildman–Crippen MR) is 64.3 cm³/mol. The molecule has 0 fully saturated rings. The van der Waals surface area contributed by atoms with E-state index < -0.39 is 23.2 Å². The SMILES string of the molecule is CCC(C)(CO)NC(=O)Nc1cc(F)cc(F)c1. The van der Waals surface area contributed by atoms with Gasteiger partial charge in [0.1, 0.15) is 11.6 Å². The van der Waals surface area contributed by atoms with Crippen LogP contribution in [0.4, 0.5) is 19.3 Å². The summed E-state index contributed by atoms with van der Waals surface area (Å²) < 4.78 is 25.8. The lowest BCUT2D eigenvalue weighted by Gasteiger charge is -2.27. The van der Waals surface area contributed by atoms with E-state index in [1.807, 2.05) is 0 Å². The van der Waals surface area contributed by atoms with E-state index in [2.05, 4.69) is 10.6 Å². The van der Waals surface area contributed by atoms with Crippen molar-refractivity contribution in [3.05, 3.63) is 29.8 Å². The van der Waals surface area contributed by atoms with Crippen LogP contribution in [0.2, 0.25) is 0 Å². The molecule has 0 heterocycles. The smallest absolute Gasteiger partial charge is 0.319 e. The van der Waals surface area contributed by atoms with E-state index in [0.29, 0.717) is 12.5 Å². The van der Waals surface area contributed by atoms with Crippen LogP contribution in [0.3, 0.4) is 0 Å². The number of benzene rings is 1. The van der Waals surface area contributed by atoms with Gasteiger partial charge in [0, 0.05) is 11.8 Å². The number of carbonyl (C=O) groups excluding carboxylic acids is 1. The summed E-state index contributed by atoms with van der Waals surface area (Å²) >= 11 is 0. The highest BCUT2D eigenvalue weighted by Crippen LogP contribution is 2.13. The Bertz CT molecular complexity index is 414. The third-order valence-corrected chi connectivity index (χ3v) is 2.67. The summed E-state index contributed by atoms with van der Waals surface area (Å²) in [7, 11) is 0. The number of hydrogen-bond donors (Lipinski definition) is 3. The second-order valence-electron chi connectivity index (χ2n) is 4.31. The Morgan fingerprint density at radius 2 is 1.89 bits per heavy atom. The Labute approximate surface area is 104 Å². The topological polar surface area (TPSA) is 61.4 Å². The van der Waals surface area contributed by atoms with Gasteiger partial charge in [-0.3, -0.25) is 0 Å². The molecule has 0 aliphatic carbocycles. The van der Waals surface area contributed by atoms with Gasteiger partial charge >= 0.3 is 6.03 Å². The highest BCUT2D eigenvalue weighted by Gasteiger charge is 2.23. The van der Waals surface area contributed by atoms with Crippen molar-refractivity contribution in [2.75, 3.05) is 11.9 Å². The predicted octanol–water partition coefficient (Wildman–Crippen LogP) is 2.25. The minimum absolute atomic E-state index is 0.0152. The molecule has 1 rings (SSSR count). The van der Waals surface area contributed by atoms with Gasteiger partial charge in [-0.05, 0) is 25.5 Å². The minimum atomic E-state index is -0.772. The van der Waals surface area contributed by atoms with Crippen molar-refractivity contribution in [1.29, 1.82) is 0 Å². The second-order valence-corrected chi connectivity index (χ2v) is 4.31. The monoisotopic (exact) mass is 258 g/mol. The van der Waals surface area contributed by atoms with Crippen molar-refractivity contribution in [1.82, 2.24) is 5.32 Å². The van der Waals surface area contributed by atoms with E-state index in [0.717, 1.165) is 12.1 Å². The zero-order valence-electron chi connectivity index (χ0n) is 10.3. The van der Waals surface area contributed by atoms with Crippen LogP contribution in [0.5, 0.6) is 0 Å². The van der Waals surface area contributed by atoms with Crippen LogP contribution < -0.4 is 10.6 Å². The largest absolute Gasteiger partial charge is 0.394 e. The number of rotatable bonds is 4. The summed E-state index contributed by atoms with van der Waals surface area (Å²) in [6.07, 6.45) is 0.522. The van der Waals surface area contributed by atoms with Gasteiger partial charge in [-0.15, -0.1) is 0 Å². The summed E-state index contributed by atoms with van der Waals surface area (Å²) in [5, 5.41) is 14.0. The lowest BCUT2D eigenvalue weighted by atomic mass is 10.0. The molecule has 0 saturated carbocycles. The maximum absolute atomic E-state index is 12.9. The van der Waals surface area contributed by atoms with Crippen molar-refractivity contribution in [2.45, 2.75) is 25.8 Å². The second kappa shape index (κ2) is 5.77. The third kappa shape index (κ3) is 3.96. The van der Waals surface area contributed by atoms with Gasteiger partial charge in [0.05, 0.1) is 12.1 Å². The fraction of sp³-hybridized carbons (Fsp3) is 0.417. The Morgan fingerprint density at radius 3 is 2.33 bits per heavy atom. The van der Waals surface area contributed by atoms with Crippen molar-refractivity contribution in [2.24, 2.45) is 0 Å². The number of hydrogen-bond acceptors (Lipinski definition) is 2. The van der Waals surface area contributed by atoms with Crippen molar-refractivity contribution in [3.8, 4) is 0 Å². The first-order chi connectivity index (χ1) is 8.38. The molecular weight excluding hydrogens is 242 g/mol. The molecular formula is C12H16F2N2O2. The molecule has 1 atom stereocenters. The van der Waals surface area contributed by atoms with Gasteiger partial charge in [0.2, 0.25) is 0 Å². The van der Waals surface area contributed by atoms with E-state index in [9.17, 15) is 13.6 Å². The summed E-state index contributed by atoms with van der Waals surface area (Å²) in [6.45, 7) is 3.24. The normalized spacial score (nSPS) is 13.8. The average Bonchev–Trinajstić information content (AvgIpc) is 2.27. The van der Waals surface area contributed by atoms with Gasteiger partial charge in [-0.25, -0.2) is 13.6 Å². The average molecular weight is 258 g/mol. The van der Waals surface area contributed by atoms with Crippen molar-refractivity contribution >= 4 is 11.7 Å². The number of urea groups is 1. The minimum Gasteiger partial charge on any atom is -0.394 e. The first kappa shape index (κ1) is 14.4. The molecule has 0 spiro atoms. The zero-order chi connectivity index (χ0) is 13.8. The number of aliphatic hydroxyl groups excluding tert-OH is 1. The van der Waals surface area contributed by atoms with Gasteiger partial charge in [0.15, 0.2) is 0 Å². The Hall–Kier alpha value is -1.69. The number of anilines is 1. The maximum Gasteiger partial charge on any atom is 0.319 e. The quantitative estimate of drug-likeness (QED) is 0.775. The van der Waals surface area contributed by atoms with E-state index in [-0.39, 0.29) is 12.3 Å². The van der Waals surface area contributed by atoms with E-state index >= 15 is 0 Å². The molecule has 100 valence electrons. The standard InChI is InChI=1S/C12H16F2N2O2/c1-3-12(2,7-17)16-11(18)15-10-5-8(13)4-9(14)6-10/h4-6,17H,3,7H2,1-2H3,(H2,15,16,18). The summed E-state index contributed by atoms with van der Waals surface area (Å²) in [5.74, 6) is -1.54. The highest BCUT2D eigenvalue weighted by molar-refractivity contribution is 5.89. The van der Waals surface area contributed by atoms with Crippen LogP contribution >= 0.6 is 0 Å². The first-order valence-corrected chi connectivity index (χ1v) is 5.54. The number of aliphatic hydroxyl groups is 1. The number of nitrogens with one attached hydrogen (secondary N) is 2. The maximum atomic E-state index is 12.9. The zero-order valence-corrected chi connectivity index (χ0v) is 10.3. The molecule has 0 radical (unpaired) electrons. The molecule has 4 nitrogen and oxygen atoms in total. The molecule has 0 bridgehead atoms. The highest BCUT2D eigenvalue weighted by atomic mass is 19.1. The molecule has 18 heavy (non-hydrogen) atoms. The Kier molecular flexibility index (Phi) is 4.61. The molecule has 0 aliphatic heterocycles. The fourth-order valence-electron chi connectivity index (χ4n) is 1.30. The molecule has 0 aromatic heterocycles. The third-order valence-electron chi connectivity index (χ3n) is 2.67. The van der Waals surface area contributed by atoms with E-state index in [1.54, 1.807) is 13.8 Å². The molecule has 0 aliphatic rings. The number of amides is 2. The molecule has 1 aromatic carbocycles. The van der Waals surface area contributed by atoms with Crippen molar-refractivity contribution < 1.29 is 18.7 Å². The van der Waals surface area contributed by atoms with Crippen LogP contribution in [0.1, 0.15) is 20.3 Å². The van der Waals surface area contributed by atoms with Crippen LogP contribution in [-0.2, 0) is 0 Å². The van der Waals surface area contributed by atoms with Crippen LogP contribution in [0.15, 0.2) is 18.2 Å². The Morgan fingerprint density at radius 1 is 1.33 bits per heavy atom. The lowest BCUT2D eigenvalue weighted by molar-refractivity contribution is 0.172. The van der Waals surface area contributed by atoms with Crippen LogP contribution in [-0.4, -0.2) is 23.3 Å². The van der Waals surface area contributed by atoms with Crippen LogP contribution in [0.25, 0.3) is 0 Å². The number of halogens is 2. The van der Waals surface area contributed by atoms with E-state index in [4.69, 9.17) is 5.11 Å². The summed E-state index contributed by atoms with van der Waals surface area (Å²) in [6, 6.07) is 2.10. The van der Waals surface area contributed by atoms with Crippen LogP contribution in [0, 0.1) is 11.6 Å². The molecule has 0 saturated heterocycles. The lowest BCUT2D eigenvalue weighted by Crippen LogP contribution is -2.50. The Balaban J connectivity index is 2.70. The molecule has 2 amide bonds. The summed E-state index contributed by atoms with van der Waals surface area (Å²) in [5.41, 5.74) is -0.753. The molecule has 1 unspecified atom stereocenters. The number of carbonyl (C=O) groups is 1. The molecule has 1 aromatic rings. The van der Waals surface area contributed by atoms with Crippen molar-refractivity contribution in [3.63, 3.8) is 0 Å². The van der Waals surface area contributed by atoms with Gasteiger partial charge in [-0.2, -0.15) is 0 Å². The first-order valence-electron chi connectivity index (χ1n) is 5.54. The fourth-order valence-corrected chi connectivity index (χ4v) is 1.30. The van der Waals surface area contributed by atoms with E-state index in [1.165, 1.54) is 0 Å². The van der Waals surface area contributed by atoms with Gasteiger partial charge in [-0.1, -0.05) is 6.92 Å². The van der Waals surface area contributed by atoms with Gasteiger partial charge in [0.25, 0.3) is 0 Å². The molecule has 3 N–H and O–H groups in total. The van der Waals surface area contributed by atoms with Gasteiger partial charge < -0.3 is 15.7 Å². The summed E-state index contributed by atoms with van der Waals surface area (Å²) in [4.78, 5) is 11.6.